The Morgan fingerprint density at radius 1 is 0.968 bits per heavy atom. The van der Waals surface area contributed by atoms with Crippen LogP contribution in [0.25, 0.3) is 0 Å². The van der Waals surface area contributed by atoms with Crippen molar-refractivity contribution in [1.29, 1.82) is 0 Å². The first kappa shape index (κ1) is 22.7. The van der Waals surface area contributed by atoms with Crippen molar-refractivity contribution in [3.63, 3.8) is 0 Å². The van der Waals surface area contributed by atoms with E-state index in [1.807, 2.05) is 30.3 Å². The van der Waals surface area contributed by atoms with Gasteiger partial charge >= 0.3 is 0 Å². The predicted molar refractivity (Wildman–Crippen MR) is 124 cm³/mol. The lowest BCUT2D eigenvalue weighted by Gasteiger charge is -2.30. The molecule has 0 aliphatic rings. The van der Waals surface area contributed by atoms with E-state index >= 15 is 0 Å². The van der Waals surface area contributed by atoms with Gasteiger partial charge in [-0.15, -0.1) is 0 Å². The fraction of sp³-hybridized carbons (Fsp3) is 0.174. The predicted octanol–water partition coefficient (Wildman–Crippen LogP) is 5.32. The number of amides is 1. The average molecular weight is 459 g/mol. The van der Waals surface area contributed by atoms with Crippen molar-refractivity contribution in [3.05, 3.63) is 83.9 Å². The van der Waals surface area contributed by atoms with Gasteiger partial charge in [0.1, 0.15) is 17.5 Å². The second-order valence-corrected chi connectivity index (χ2v) is 9.18. The van der Waals surface area contributed by atoms with Crippen LogP contribution in [0.15, 0.2) is 78.9 Å². The summed E-state index contributed by atoms with van der Waals surface area (Å²) >= 11 is 5.92. The summed E-state index contributed by atoms with van der Waals surface area (Å²) in [5, 5.41) is 3.27. The zero-order chi connectivity index (χ0) is 22.4. The molecule has 3 aromatic rings. The smallest absolute Gasteiger partial charge is 0.248 e. The molecular formula is C23H23ClN2O4S. The third-order valence-corrected chi connectivity index (χ3v) is 5.94. The Bertz CT molecular complexity index is 1120. The number of ether oxygens (including phenoxy) is 1. The molecular weight excluding hydrogens is 436 g/mol. The van der Waals surface area contributed by atoms with E-state index in [-0.39, 0.29) is 6.42 Å². The van der Waals surface area contributed by atoms with Crippen molar-refractivity contribution in [2.45, 2.75) is 19.4 Å². The van der Waals surface area contributed by atoms with Crippen LogP contribution >= 0.6 is 11.6 Å². The van der Waals surface area contributed by atoms with Gasteiger partial charge in [0.25, 0.3) is 0 Å². The Morgan fingerprint density at radius 2 is 1.55 bits per heavy atom. The number of carbonyl (C=O) groups excluding carboxylic acids is 1. The first-order valence-electron chi connectivity index (χ1n) is 9.66. The Balaban J connectivity index is 1.77. The zero-order valence-electron chi connectivity index (χ0n) is 17.2. The van der Waals surface area contributed by atoms with E-state index in [1.54, 1.807) is 55.5 Å². The Morgan fingerprint density at radius 3 is 2.10 bits per heavy atom. The molecule has 0 aliphatic heterocycles. The molecule has 3 rings (SSSR count). The maximum atomic E-state index is 13.0. The van der Waals surface area contributed by atoms with E-state index in [4.69, 9.17) is 16.3 Å². The van der Waals surface area contributed by atoms with Crippen LogP contribution in [0.5, 0.6) is 11.5 Å². The van der Waals surface area contributed by atoms with Gasteiger partial charge in [0.05, 0.1) is 11.9 Å². The number of anilines is 2. The highest BCUT2D eigenvalue weighted by Gasteiger charge is 2.31. The first-order valence-corrected chi connectivity index (χ1v) is 11.9. The molecule has 0 heterocycles. The molecule has 6 nitrogen and oxygen atoms in total. The lowest BCUT2D eigenvalue weighted by Crippen LogP contribution is -2.46. The fourth-order valence-corrected chi connectivity index (χ4v) is 4.44. The van der Waals surface area contributed by atoms with Crippen molar-refractivity contribution in [2.75, 3.05) is 15.9 Å². The van der Waals surface area contributed by atoms with Crippen LogP contribution in [0.1, 0.15) is 13.3 Å². The molecule has 0 spiro atoms. The summed E-state index contributed by atoms with van der Waals surface area (Å²) in [5.74, 6) is 0.895. The van der Waals surface area contributed by atoms with Crippen LogP contribution in [0.3, 0.4) is 0 Å². The molecule has 3 aromatic carbocycles. The number of benzene rings is 3. The van der Waals surface area contributed by atoms with Crippen molar-refractivity contribution < 1.29 is 17.9 Å². The fourth-order valence-electron chi connectivity index (χ4n) is 3.10. The Labute approximate surface area is 187 Å². The lowest BCUT2D eigenvalue weighted by atomic mass is 10.1. The number of sulfonamides is 1. The van der Waals surface area contributed by atoms with Gasteiger partial charge in [-0.05, 0) is 67.1 Å². The molecule has 0 radical (unpaired) electrons. The molecule has 1 unspecified atom stereocenters. The maximum absolute atomic E-state index is 13.0. The summed E-state index contributed by atoms with van der Waals surface area (Å²) in [6.07, 6.45) is 1.37. The van der Waals surface area contributed by atoms with Gasteiger partial charge < -0.3 is 10.1 Å². The molecule has 0 bridgehead atoms. The van der Waals surface area contributed by atoms with Gasteiger partial charge in [0.15, 0.2) is 0 Å². The highest BCUT2D eigenvalue weighted by Crippen LogP contribution is 2.26. The van der Waals surface area contributed by atoms with Gasteiger partial charge in [-0.2, -0.15) is 0 Å². The SMILES string of the molecule is CCC(C(=O)Nc1ccc(Oc2ccccc2)cc1)N(c1ccc(Cl)cc1)S(C)(=O)=O. The monoisotopic (exact) mass is 458 g/mol. The molecule has 1 amide bonds. The second-order valence-electron chi connectivity index (χ2n) is 6.89. The minimum Gasteiger partial charge on any atom is -0.457 e. The minimum atomic E-state index is -3.71. The number of hydrogen-bond donors (Lipinski definition) is 1. The van der Waals surface area contributed by atoms with Crippen LogP contribution in [-0.4, -0.2) is 26.6 Å². The van der Waals surface area contributed by atoms with Crippen molar-refractivity contribution in [3.8, 4) is 11.5 Å². The number of para-hydroxylation sites is 1. The topological polar surface area (TPSA) is 75.7 Å². The van der Waals surface area contributed by atoms with Crippen molar-refractivity contribution in [2.24, 2.45) is 0 Å². The number of rotatable bonds is 8. The summed E-state index contributed by atoms with van der Waals surface area (Å²) in [6, 6.07) is 21.6. The summed E-state index contributed by atoms with van der Waals surface area (Å²) in [6.45, 7) is 1.76. The van der Waals surface area contributed by atoms with E-state index in [0.717, 1.165) is 10.6 Å². The third kappa shape index (κ3) is 5.99. The summed E-state index contributed by atoms with van der Waals surface area (Å²) in [5.41, 5.74) is 0.911. The number of hydrogen-bond acceptors (Lipinski definition) is 4. The van der Waals surface area contributed by atoms with E-state index in [0.29, 0.717) is 27.9 Å². The standard InChI is InChI=1S/C23H23ClN2O4S/c1-3-22(26(31(2,28)29)19-13-9-17(24)10-14-19)23(27)25-18-11-15-21(16-12-18)30-20-7-5-4-6-8-20/h4-16,22H,3H2,1-2H3,(H,25,27). The van der Waals surface area contributed by atoms with E-state index < -0.39 is 22.0 Å². The molecule has 0 aliphatic carbocycles. The van der Waals surface area contributed by atoms with Gasteiger partial charge in [-0.3, -0.25) is 9.10 Å². The molecule has 1 N–H and O–H groups in total. The number of carbonyl (C=O) groups is 1. The van der Waals surface area contributed by atoms with E-state index in [1.165, 1.54) is 0 Å². The molecule has 0 saturated carbocycles. The molecule has 31 heavy (non-hydrogen) atoms. The molecule has 0 fully saturated rings. The first-order chi connectivity index (χ1) is 14.8. The molecule has 8 heteroatoms. The van der Waals surface area contributed by atoms with Crippen LogP contribution in [0.2, 0.25) is 5.02 Å². The molecule has 0 saturated heterocycles. The number of nitrogens with zero attached hydrogens (tertiary/aromatic N) is 1. The zero-order valence-corrected chi connectivity index (χ0v) is 18.7. The van der Waals surface area contributed by atoms with E-state index in [2.05, 4.69) is 5.32 Å². The Hall–Kier alpha value is -3.03. The normalized spacial score (nSPS) is 12.1. The highest BCUT2D eigenvalue weighted by atomic mass is 35.5. The quantitative estimate of drug-likeness (QED) is 0.496. The number of nitrogens with one attached hydrogen (secondary N) is 1. The lowest BCUT2D eigenvalue weighted by molar-refractivity contribution is -0.117. The molecule has 162 valence electrons. The number of halogens is 1. The largest absolute Gasteiger partial charge is 0.457 e. The van der Waals surface area contributed by atoms with E-state index in [9.17, 15) is 13.2 Å². The van der Waals surface area contributed by atoms with Crippen molar-refractivity contribution >= 4 is 38.9 Å². The third-order valence-electron chi connectivity index (χ3n) is 4.51. The maximum Gasteiger partial charge on any atom is 0.248 e. The van der Waals surface area contributed by atoms with Gasteiger partial charge in [0, 0.05) is 10.7 Å². The summed E-state index contributed by atoms with van der Waals surface area (Å²) in [7, 11) is -3.71. The highest BCUT2D eigenvalue weighted by molar-refractivity contribution is 7.92. The van der Waals surface area contributed by atoms with Crippen LogP contribution in [0.4, 0.5) is 11.4 Å². The second kappa shape index (κ2) is 9.85. The molecule has 0 aromatic heterocycles. The molecule has 1 atom stereocenters. The van der Waals surface area contributed by atoms with Gasteiger partial charge in [-0.1, -0.05) is 36.7 Å². The van der Waals surface area contributed by atoms with Crippen LogP contribution in [0, 0.1) is 0 Å². The summed E-state index contributed by atoms with van der Waals surface area (Å²) in [4.78, 5) is 13.0. The Kier molecular flexibility index (Phi) is 7.20. The summed E-state index contributed by atoms with van der Waals surface area (Å²) < 4.78 is 31.8. The van der Waals surface area contributed by atoms with Gasteiger partial charge in [-0.25, -0.2) is 8.42 Å². The van der Waals surface area contributed by atoms with Gasteiger partial charge in [0.2, 0.25) is 15.9 Å². The minimum absolute atomic E-state index is 0.288. The van der Waals surface area contributed by atoms with Crippen LogP contribution in [-0.2, 0) is 14.8 Å². The average Bonchev–Trinajstić information content (AvgIpc) is 2.74. The van der Waals surface area contributed by atoms with Crippen molar-refractivity contribution in [1.82, 2.24) is 0 Å². The van der Waals surface area contributed by atoms with Crippen LogP contribution < -0.4 is 14.4 Å².